The van der Waals surface area contributed by atoms with Gasteiger partial charge in [0.2, 0.25) is 0 Å². The van der Waals surface area contributed by atoms with Gasteiger partial charge in [0.05, 0.1) is 10.8 Å². The summed E-state index contributed by atoms with van der Waals surface area (Å²) in [5, 5.41) is 16.3. The highest BCUT2D eigenvalue weighted by Gasteiger charge is 2.52. The van der Waals surface area contributed by atoms with Crippen LogP contribution in [-0.4, -0.2) is 0 Å². The third-order valence-corrected chi connectivity index (χ3v) is 15.8. The van der Waals surface area contributed by atoms with Gasteiger partial charge < -0.3 is 0 Å². The van der Waals surface area contributed by atoms with Crippen molar-refractivity contribution in [2.75, 3.05) is 0 Å². The Hall–Kier alpha value is -7.80. The number of hydrogen-bond donors (Lipinski definition) is 0. The number of rotatable bonds is 1. The molecule has 0 nitrogen and oxygen atoms in total. The molecule has 4 aliphatic carbocycles. The van der Waals surface area contributed by atoms with Gasteiger partial charge in [-0.2, -0.15) is 0 Å². The summed E-state index contributed by atoms with van der Waals surface area (Å²) < 4.78 is 0. The van der Waals surface area contributed by atoms with E-state index in [9.17, 15) is 0 Å². The number of benzene rings is 12. The van der Waals surface area contributed by atoms with Gasteiger partial charge in [0, 0.05) is 0 Å². The van der Waals surface area contributed by atoms with E-state index in [1.807, 2.05) is 0 Å². The van der Waals surface area contributed by atoms with Gasteiger partial charge >= 0.3 is 0 Å². The van der Waals surface area contributed by atoms with Gasteiger partial charge in [-0.3, -0.25) is 0 Å². The molecule has 0 aromatic heterocycles. The highest BCUT2D eigenvalue weighted by Crippen LogP contribution is 2.65. The lowest BCUT2D eigenvalue weighted by atomic mass is 9.70. The second-order valence-electron chi connectivity index (χ2n) is 18.1. The van der Waals surface area contributed by atoms with Crippen LogP contribution in [0.4, 0.5) is 0 Å². The minimum absolute atomic E-state index is 0.348. The molecule has 282 valence electrons. The summed E-state index contributed by atoms with van der Waals surface area (Å²) >= 11 is 0. The van der Waals surface area contributed by atoms with Gasteiger partial charge in [-0.1, -0.05) is 194 Å². The van der Waals surface area contributed by atoms with Crippen LogP contribution in [0.15, 0.2) is 206 Å². The molecule has 0 heteroatoms. The highest BCUT2D eigenvalue weighted by atomic mass is 14.5. The van der Waals surface area contributed by atoms with E-state index in [4.69, 9.17) is 0 Å². The molecule has 0 saturated carbocycles. The van der Waals surface area contributed by atoms with Crippen molar-refractivity contribution in [2.24, 2.45) is 0 Å². The lowest BCUT2D eigenvalue weighted by Gasteiger charge is -2.31. The minimum atomic E-state index is -0.390. The largest absolute Gasteiger partial charge is 0.0725 e. The Kier molecular flexibility index (Phi) is 5.55. The number of fused-ring (bicyclic) bond motifs is 20. The van der Waals surface area contributed by atoms with Gasteiger partial charge in [0.25, 0.3) is 0 Å². The topological polar surface area (TPSA) is 0 Å². The Labute approximate surface area is 358 Å². The molecule has 2 spiro atoms. The van der Waals surface area contributed by atoms with Gasteiger partial charge in [-0.05, 0) is 155 Å². The van der Waals surface area contributed by atoms with Gasteiger partial charge in [0.15, 0.2) is 0 Å². The van der Waals surface area contributed by atoms with Crippen molar-refractivity contribution in [3.05, 3.63) is 251 Å². The van der Waals surface area contributed by atoms with Crippen LogP contribution in [0.25, 0.3) is 98.0 Å². The SMILES string of the molecule is c1ccc2c(c1)-c1cc(-c3ccc4c(c3)c3cccc5c3c3c(cccc43)C53c4ccccc4-c4ccccc43)ccc1C21c2cccc3c4ccccc4c4cccc1c4c23. The lowest BCUT2D eigenvalue weighted by Crippen LogP contribution is -2.26. The quantitative estimate of drug-likeness (QED) is 0.146. The van der Waals surface area contributed by atoms with Gasteiger partial charge in [-0.15, -0.1) is 0 Å². The van der Waals surface area contributed by atoms with E-state index in [1.54, 1.807) is 0 Å². The van der Waals surface area contributed by atoms with E-state index >= 15 is 0 Å². The normalized spacial score (nSPS) is 15.0. The molecule has 12 aromatic rings. The van der Waals surface area contributed by atoms with E-state index in [2.05, 4.69) is 206 Å². The zero-order valence-electron chi connectivity index (χ0n) is 33.6. The Morgan fingerprint density at radius 3 is 1.00 bits per heavy atom. The molecular formula is C62H34. The summed E-state index contributed by atoms with van der Waals surface area (Å²) in [6, 6.07) is 79.3. The molecule has 4 aliphatic rings. The maximum Gasteiger partial charge on any atom is 0.0725 e. The van der Waals surface area contributed by atoms with Crippen LogP contribution < -0.4 is 0 Å². The van der Waals surface area contributed by atoms with Crippen molar-refractivity contribution in [2.45, 2.75) is 10.8 Å². The minimum Gasteiger partial charge on any atom is -0.0619 e. The maximum absolute atomic E-state index is 2.50. The van der Waals surface area contributed by atoms with Gasteiger partial charge in [0.1, 0.15) is 0 Å². The van der Waals surface area contributed by atoms with Crippen molar-refractivity contribution in [3.8, 4) is 33.4 Å². The second-order valence-corrected chi connectivity index (χ2v) is 18.1. The molecule has 0 saturated heterocycles. The molecule has 0 unspecified atom stereocenters. The summed E-state index contributed by atoms with van der Waals surface area (Å²) in [7, 11) is 0. The van der Waals surface area contributed by atoms with Crippen LogP contribution in [0.5, 0.6) is 0 Å². The standard InChI is InChI=1S/C62H34/c1-2-14-38-37(13-1)43-18-9-26-54-57(43)58-44(38)19-10-27-55(58)62(54)51-24-8-5-17-42(51)48-34-36(30-32-52(48)62)35-29-31-39-45-20-11-25-53-59(45)60-46(47(39)33-35)21-12-28-56(60)61(53)49-22-6-3-15-40(49)41-16-4-7-23-50(41)61/h1-34H. The average molecular weight is 779 g/mol. The Morgan fingerprint density at radius 1 is 0.194 bits per heavy atom. The predicted molar refractivity (Wildman–Crippen MR) is 259 cm³/mol. The lowest BCUT2D eigenvalue weighted by molar-refractivity contribution is 0.797. The molecule has 12 aromatic carbocycles. The van der Waals surface area contributed by atoms with Crippen molar-refractivity contribution < 1.29 is 0 Å². The Morgan fingerprint density at radius 2 is 0.516 bits per heavy atom. The summed E-state index contributed by atoms with van der Waals surface area (Å²) in [4.78, 5) is 0. The van der Waals surface area contributed by atoms with Crippen LogP contribution in [0.2, 0.25) is 0 Å². The zero-order valence-corrected chi connectivity index (χ0v) is 33.6. The fraction of sp³-hybridized carbons (Fsp3) is 0.0323. The fourth-order valence-corrected chi connectivity index (χ4v) is 13.7. The van der Waals surface area contributed by atoms with Crippen molar-refractivity contribution in [3.63, 3.8) is 0 Å². The molecule has 62 heavy (non-hydrogen) atoms. The molecule has 0 atom stereocenters. The molecular weight excluding hydrogens is 745 g/mol. The first-order chi connectivity index (χ1) is 30.8. The third-order valence-electron chi connectivity index (χ3n) is 15.8. The van der Waals surface area contributed by atoms with E-state index in [0.717, 1.165) is 0 Å². The number of hydrogen-bond acceptors (Lipinski definition) is 0. The summed E-state index contributed by atoms with van der Waals surface area (Å²) in [5.74, 6) is 0. The molecule has 0 fully saturated rings. The van der Waals surface area contributed by atoms with Crippen LogP contribution >= 0.6 is 0 Å². The molecule has 0 heterocycles. The fourth-order valence-electron chi connectivity index (χ4n) is 13.7. The van der Waals surface area contributed by atoms with Crippen molar-refractivity contribution in [1.29, 1.82) is 0 Å². The van der Waals surface area contributed by atoms with Crippen LogP contribution in [-0.2, 0) is 10.8 Å². The first-order valence-corrected chi connectivity index (χ1v) is 22.0. The predicted octanol–water partition coefficient (Wildman–Crippen LogP) is 15.6. The van der Waals surface area contributed by atoms with E-state index < -0.39 is 5.41 Å². The zero-order chi connectivity index (χ0) is 40.1. The highest BCUT2D eigenvalue weighted by molar-refractivity contribution is 6.31. The Bertz CT molecular complexity index is 3980. The summed E-state index contributed by atoms with van der Waals surface area (Å²) in [5.41, 5.74) is 18.3. The van der Waals surface area contributed by atoms with Crippen molar-refractivity contribution in [1.82, 2.24) is 0 Å². The summed E-state index contributed by atoms with van der Waals surface area (Å²) in [6.07, 6.45) is 0. The van der Waals surface area contributed by atoms with Crippen LogP contribution in [0.3, 0.4) is 0 Å². The smallest absolute Gasteiger partial charge is 0.0619 e. The molecule has 0 amide bonds. The van der Waals surface area contributed by atoms with E-state index in [1.165, 1.54) is 143 Å². The first kappa shape index (κ1) is 32.0. The maximum atomic E-state index is 2.50. The first-order valence-electron chi connectivity index (χ1n) is 22.0. The molecule has 0 bridgehead atoms. The van der Waals surface area contributed by atoms with E-state index in [-0.39, 0.29) is 5.41 Å². The second kappa shape index (κ2) is 10.7. The monoisotopic (exact) mass is 778 g/mol. The van der Waals surface area contributed by atoms with Crippen molar-refractivity contribution >= 4 is 64.6 Å². The van der Waals surface area contributed by atoms with Crippen LogP contribution in [0.1, 0.15) is 44.5 Å². The molecule has 0 N–H and O–H groups in total. The average Bonchev–Trinajstić information content (AvgIpc) is 4.03. The molecule has 0 radical (unpaired) electrons. The van der Waals surface area contributed by atoms with E-state index in [0.29, 0.717) is 0 Å². The summed E-state index contributed by atoms with van der Waals surface area (Å²) in [6.45, 7) is 0. The van der Waals surface area contributed by atoms with Crippen LogP contribution in [0, 0.1) is 0 Å². The molecule has 0 aliphatic heterocycles. The molecule has 16 rings (SSSR count). The van der Waals surface area contributed by atoms with Gasteiger partial charge in [-0.25, -0.2) is 0 Å². The Balaban J connectivity index is 0.945. The third kappa shape index (κ3) is 3.35.